The highest BCUT2D eigenvalue weighted by molar-refractivity contribution is 5.80. The molecule has 1 fully saturated rings. The van der Waals surface area contributed by atoms with Crippen LogP contribution < -0.4 is 15.4 Å². The Morgan fingerprint density at radius 2 is 2.08 bits per heavy atom. The molecule has 24 heavy (non-hydrogen) atoms. The quantitative estimate of drug-likeness (QED) is 0.457. The first-order chi connectivity index (χ1) is 11.7. The lowest BCUT2D eigenvalue weighted by atomic mass is 10.1. The van der Waals surface area contributed by atoms with E-state index in [1.54, 1.807) is 0 Å². The number of aliphatic imine (C=N–C) groups is 1. The third-order valence-corrected chi connectivity index (χ3v) is 4.18. The number of benzene rings is 1. The molecule has 0 aliphatic carbocycles. The zero-order valence-corrected chi connectivity index (χ0v) is 14.9. The number of nitrogens with one attached hydrogen (secondary N) is 2. The summed E-state index contributed by atoms with van der Waals surface area (Å²) in [6.07, 6.45) is 4.30. The largest absolute Gasteiger partial charge is 0.489 e. The zero-order valence-electron chi connectivity index (χ0n) is 14.9. The molecule has 1 atom stereocenters. The summed E-state index contributed by atoms with van der Waals surface area (Å²) < 4.78 is 5.88. The fourth-order valence-electron chi connectivity index (χ4n) is 2.84. The highest BCUT2D eigenvalue weighted by atomic mass is 16.5. The average molecular weight is 330 g/mol. The predicted molar refractivity (Wildman–Crippen MR) is 101 cm³/mol. The Morgan fingerprint density at radius 3 is 2.71 bits per heavy atom. The number of nitrogens with zero attached hydrogens (tertiary/aromatic N) is 2. The molecule has 1 aromatic carbocycles. The highest BCUT2D eigenvalue weighted by Crippen LogP contribution is 2.11. The minimum absolute atomic E-state index is 0.0698. The van der Waals surface area contributed by atoms with Gasteiger partial charge in [-0.2, -0.15) is 0 Å². The first-order valence-corrected chi connectivity index (χ1v) is 8.73. The van der Waals surface area contributed by atoms with Crippen LogP contribution in [-0.4, -0.2) is 56.2 Å². The van der Waals surface area contributed by atoms with Crippen LogP contribution in [0.2, 0.25) is 0 Å². The number of rotatable bonds is 7. The molecule has 1 aliphatic heterocycles. The molecule has 2 rings (SSSR count). The van der Waals surface area contributed by atoms with Crippen molar-refractivity contribution < 1.29 is 4.74 Å². The molecule has 1 aliphatic rings. The van der Waals surface area contributed by atoms with Crippen LogP contribution in [0.1, 0.15) is 19.8 Å². The monoisotopic (exact) mass is 330 g/mol. The molecule has 0 aromatic heterocycles. The Kier molecular flexibility index (Phi) is 7.62. The lowest BCUT2D eigenvalue weighted by molar-refractivity contribution is 0.219. The molecule has 0 bridgehead atoms. The van der Waals surface area contributed by atoms with E-state index in [0.717, 1.165) is 44.2 Å². The van der Waals surface area contributed by atoms with E-state index in [1.807, 2.05) is 43.5 Å². The second-order valence-corrected chi connectivity index (χ2v) is 6.20. The smallest absolute Gasteiger partial charge is 0.191 e. The Balaban J connectivity index is 1.70. The lowest BCUT2D eigenvalue weighted by Gasteiger charge is -2.32. The van der Waals surface area contributed by atoms with E-state index in [1.165, 1.54) is 0 Å². The van der Waals surface area contributed by atoms with Gasteiger partial charge >= 0.3 is 0 Å². The molecule has 1 unspecified atom stereocenters. The Labute approximate surface area is 145 Å². The standard InChI is InChI=1S/C19H30N4O/c1-4-12-23-13-10-17(11-14-23)22-19(20-3)21-15-16(2)24-18-8-6-5-7-9-18/h4-9,16-17H,1,10-15H2,2-3H3,(H2,20,21,22). The Morgan fingerprint density at radius 1 is 1.38 bits per heavy atom. The second kappa shape index (κ2) is 9.98. The molecule has 0 spiro atoms. The summed E-state index contributed by atoms with van der Waals surface area (Å²) in [5.41, 5.74) is 0. The molecule has 1 aromatic rings. The summed E-state index contributed by atoms with van der Waals surface area (Å²) in [4.78, 5) is 6.75. The van der Waals surface area contributed by atoms with Crippen molar-refractivity contribution in [3.05, 3.63) is 43.0 Å². The van der Waals surface area contributed by atoms with E-state index in [2.05, 4.69) is 34.0 Å². The van der Waals surface area contributed by atoms with Gasteiger partial charge in [0.1, 0.15) is 11.9 Å². The van der Waals surface area contributed by atoms with Crippen molar-refractivity contribution in [2.24, 2.45) is 4.99 Å². The minimum Gasteiger partial charge on any atom is -0.489 e. The van der Waals surface area contributed by atoms with Crippen LogP contribution in [0, 0.1) is 0 Å². The van der Waals surface area contributed by atoms with Crippen molar-refractivity contribution in [2.75, 3.05) is 33.2 Å². The van der Waals surface area contributed by atoms with Gasteiger partial charge < -0.3 is 15.4 Å². The van der Waals surface area contributed by atoms with Crippen LogP contribution in [0.15, 0.2) is 48.0 Å². The number of piperidine rings is 1. The van der Waals surface area contributed by atoms with Crippen LogP contribution >= 0.6 is 0 Å². The summed E-state index contributed by atoms with van der Waals surface area (Å²) in [7, 11) is 1.81. The summed E-state index contributed by atoms with van der Waals surface area (Å²) >= 11 is 0. The average Bonchev–Trinajstić information content (AvgIpc) is 2.61. The summed E-state index contributed by atoms with van der Waals surface area (Å²) in [5, 5.41) is 6.88. The third-order valence-electron chi connectivity index (χ3n) is 4.18. The summed E-state index contributed by atoms with van der Waals surface area (Å²) in [6.45, 7) is 9.77. The zero-order chi connectivity index (χ0) is 17.2. The maximum absolute atomic E-state index is 5.88. The van der Waals surface area contributed by atoms with Gasteiger partial charge in [-0.3, -0.25) is 9.89 Å². The van der Waals surface area contributed by atoms with Crippen LogP contribution in [0.5, 0.6) is 5.75 Å². The topological polar surface area (TPSA) is 48.9 Å². The predicted octanol–water partition coefficient (Wildman–Crippen LogP) is 2.27. The summed E-state index contributed by atoms with van der Waals surface area (Å²) in [6, 6.07) is 10.4. The maximum atomic E-state index is 5.88. The molecular weight excluding hydrogens is 300 g/mol. The van der Waals surface area contributed by atoms with E-state index >= 15 is 0 Å². The van der Waals surface area contributed by atoms with Crippen molar-refractivity contribution in [2.45, 2.75) is 31.9 Å². The fourth-order valence-corrected chi connectivity index (χ4v) is 2.84. The number of hydrogen-bond acceptors (Lipinski definition) is 3. The Bertz CT molecular complexity index is 509. The van der Waals surface area contributed by atoms with Crippen LogP contribution in [0.4, 0.5) is 0 Å². The van der Waals surface area contributed by atoms with Crippen molar-refractivity contribution in [3.63, 3.8) is 0 Å². The SMILES string of the molecule is C=CCN1CCC(NC(=NC)NCC(C)Oc2ccccc2)CC1. The second-order valence-electron chi connectivity index (χ2n) is 6.20. The maximum Gasteiger partial charge on any atom is 0.191 e. The van der Waals surface area contributed by atoms with Crippen molar-refractivity contribution in [1.82, 2.24) is 15.5 Å². The third kappa shape index (κ3) is 6.24. The van der Waals surface area contributed by atoms with Crippen LogP contribution in [0.3, 0.4) is 0 Å². The van der Waals surface area contributed by atoms with E-state index in [0.29, 0.717) is 12.6 Å². The molecule has 2 N–H and O–H groups in total. The van der Waals surface area contributed by atoms with Gasteiger partial charge in [-0.25, -0.2) is 0 Å². The molecule has 5 heteroatoms. The molecule has 1 heterocycles. The lowest BCUT2D eigenvalue weighted by Crippen LogP contribution is -2.50. The molecule has 5 nitrogen and oxygen atoms in total. The van der Waals surface area contributed by atoms with Gasteiger partial charge in [0.05, 0.1) is 6.54 Å². The van der Waals surface area contributed by atoms with E-state index in [9.17, 15) is 0 Å². The van der Waals surface area contributed by atoms with Crippen LogP contribution in [0.25, 0.3) is 0 Å². The van der Waals surface area contributed by atoms with Crippen LogP contribution in [-0.2, 0) is 0 Å². The normalized spacial score (nSPS) is 18.0. The Hall–Kier alpha value is -2.01. The van der Waals surface area contributed by atoms with Gasteiger partial charge in [-0.05, 0) is 31.9 Å². The first kappa shape index (κ1) is 18.3. The van der Waals surface area contributed by atoms with Gasteiger partial charge in [0, 0.05) is 32.7 Å². The molecule has 0 saturated carbocycles. The van der Waals surface area contributed by atoms with Gasteiger partial charge in [-0.1, -0.05) is 24.3 Å². The van der Waals surface area contributed by atoms with Crippen molar-refractivity contribution in [3.8, 4) is 5.75 Å². The fraction of sp³-hybridized carbons (Fsp3) is 0.526. The van der Waals surface area contributed by atoms with Gasteiger partial charge in [-0.15, -0.1) is 6.58 Å². The van der Waals surface area contributed by atoms with Gasteiger partial charge in [0.25, 0.3) is 0 Å². The van der Waals surface area contributed by atoms with E-state index < -0.39 is 0 Å². The number of guanidine groups is 1. The minimum atomic E-state index is 0.0698. The number of ether oxygens (including phenoxy) is 1. The number of para-hydroxylation sites is 1. The number of hydrogen-bond donors (Lipinski definition) is 2. The van der Waals surface area contributed by atoms with Gasteiger partial charge in [0.2, 0.25) is 0 Å². The van der Waals surface area contributed by atoms with Crippen molar-refractivity contribution >= 4 is 5.96 Å². The van der Waals surface area contributed by atoms with E-state index in [4.69, 9.17) is 4.74 Å². The molecule has 132 valence electrons. The van der Waals surface area contributed by atoms with Crippen molar-refractivity contribution in [1.29, 1.82) is 0 Å². The van der Waals surface area contributed by atoms with E-state index in [-0.39, 0.29) is 6.10 Å². The highest BCUT2D eigenvalue weighted by Gasteiger charge is 2.19. The summed E-state index contributed by atoms with van der Waals surface area (Å²) in [5.74, 6) is 1.74. The van der Waals surface area contributed by atoms with Gasteiger partial charge in [0.15, 0.2) is 5.96 Å². The first-order valence-electron chi connectivity index (χ1n) is 8.73. The molecule has 0 amide bonds. The molecule has 1 saturated heterocycles. The molecule has 0 radical (unpaired) electrons. The number of likely N-dealkylation sites (tertiary alicyclic amines) is 1. The molecular formula is C19H30N4O.